The van der Waals surface area contributed by atoms with Crippen LogP contribution in [0.1, 0.15) is 5.56 Å². The Morgan fingerprint density at radius 3 is 2.41 bits per heavy atom. The Kier molecular flexibility index (Phi) is 2.97. The summed E-state index contributed by atoms with van der Waals surface area (Å²) in [5.74, 6) is 0. The van der Waals surface area contributed by atoms with E-state index in [1.54, 1.807) is 0 Å². The third-order valence-corrected chi connectivity index (χ3v) is 3.77. The quantitative estimate of drug-likeness (QED) is 0.547. The molecular weight excluding hydrogens is 270 g/mol. The minimum atomic E-state index is 0.878. The van der Waals surface area contributed by atoms with Gasteiger partial charge < -0.3 is 4.40 Å². The number of aromatic nitrogens is 3. The Morgan fingerprint density at radius 2 is 1.64 bits per heavy atom. The molecule has 0 spiro atoms. The highest BCUT2D eigenvalue weighted by Gasteiger charge is 2.10. The van der Waals surface area contributed by atoms with Gasteiger partial charge in [-0.2, -0.15) is 0 Å². The zero-order valence-corrected chi connectivity index (χ0v) is 12.3. The van der Waals surface area contributed by atoms with Gasteiger partial charge in [0.15, 0.2) is 5.65 Å². The van der Waals surface area contributed by atoms with Gasteiger partial charge in [-0.1, -0.05) is 60.2 Å². The summed E-state index contributed by atoms with van der Waals surface area (Å²) in [5.41, 5.74) is 6.16. The van der Waals surface area contributed by atoms with Gasteiger partial charge in [0, 0.05) is 29.7 Å². The molecule has 0 N–H and O–H groups in total. The first-order valence-electron chi connectivity index (χ1n) is 7.27. The Balaban J connectivity index is 1.97. The number of hydrogen-bond donors (Lipinski definition) is 0. The molecule has 0 aliphatic carbocycles. The smallest absolute Gasteiger partial charge is 0.163 e. The molecule has 22 heavy (non-hydrogen) atoms. The van der Waals surface area contributed by atoms with Gasteiger partial charge in [-0.05, 0) is 6.92 Å². The largest absolute Gasteiger partial charge is 0.303 e. The summed E-state index contributed by atoms with van der Waals surface area (Å²) < 4.78 is 2.03. The molecule has 3 heteroatoms. The van der Waals surface area contributed by atoms with Crippen molar-refractivity contribution in [2.45, 2.75) is 6.92 Å². The Hall–Kier alpha value is -2.94. The average Bonchev–Trinajstić information content (AvgIpc) is 3.04. The van der Waals surface area contributed by atoms with Crippen LogP contribution in [-0.2, 0) is 0 Å². The number of aryl methyl sites for hydroxylation is 1. The van der Waals surface area contributed by atoms with Crippen LogP contribution in [-0.4, -0.2) is 14.4 Å². The lowest BCUT2D eigenvalue weighted by molar-refractivity contribution is 1.13. The molecule has 0 amide bonds. The first kappa shape index (κ1) is 12.8. The first-order valence-corrected chi connectivity index (χ1v) is 7.27. The van der Waals surface area contributed by atoms with Crippen LogP contribution < -0.4 is 0 Å². The van der Waals surface area contributed by atoms with E-state index in [0.717, 1.165) is 28.2 Å². The molecule has 106 valence electrons. The maximum absolute atomic E-state index is 4.86. The van der Waals surface area contributed by atoms with E-state index in [1.165, 1.54) is 5.56 Å². The molecule has 0 saturated carbocycles. The maximum atomic E-state index is 4.86. The van der Waals surface area contributed by atoms with Gasteiger partial charge >= 0.3 is 0 Å². The summed E-state index contributed by atoms with van der Waals surface area (Å²) in [6.07, 6.45) is 5.79. The van der Waals surface area contributed by atoms with Crippen molar-refractivity contribution >= 4 is 5.65 Å². The molecule has 0 bridgehead atoms. The molecule has 2 aromatic heterocycles. The number of fused-ring (bicyclic) bond motifs is 1. The summed E-state index contributed by atoms with van der Waals surface area (Å²) in [6, 6.07) is 18.6. The summed E-state index contributed by atoms with van der Waals surface area (Å²) >= 11 is 0. The maximum Gasteiger partial charge on any atom is 0.163 e. The minimum Gasteiger partial charge on any atom is -0.303 e. The predicted molar refractivity (Wildman–Crippen MR) is 88.6 cm³/mol. The van der Waals surface area contributed by atoms with Gasteiger partial charge in [-0.25, -0.2) is 9.97 Å². The summed E-state index contributed by atoms with van der Waals surface area (Å²) in [7, 11) is 0. The number of imidazole rings is 1. The highest BCUT2D eigenvalue weighted by atomic mass is 15.0. The molecule has 0 aliphatic heterocycles. The lowest BCUT2D eigenvalue weighted by Gasteiger charge is -2.08. The summed E-state index contributed by atoms with van der Waals surface area (Å²) in [4.78, 5) is 9.31. The van der Waals surface area contributed by atoms with Gasteiger partial charge in [-0.3, -0.25) is 0 Å². The van der Waals surface area contributed by atoms with Crippen LogP contribution in [0.4, 0.5) is 0 Å². The Bertz CT molecular complexity index is 922. The van der Waals surface area contributed by atoms with Crippen LogP contribution in [0.25, 0.3) is 28.2 Å². The van der Waals surface area contributed by atoms with E-state index < -0.39 is 0 Å². The lowest BCUT2D eigenvalue weighted by Crippen LogP contribution is -1.95. The number of hydrogen-bond acceptors (Lipinski definition) is 2. The fourth-order valence-electron chi connectivity index (χ4n) is 2.58. The van der Waals surface area contributed by atoms with Crippen LogP contribution in [0.3, 0.4) is 0 Å². The van der Waals surface area contributed by atoms with Crippen molar-refractivity contribution in [3.05, 3.63) is 78.8 Å². The molecule has 0 fully saturated rings. The van der Waals surface area contributed by atoms with Gasteiger partial charge in [0.25, 0.3) is 0 Å². The van der Waals surface area contributed by atoms with Gasteiger partial charge in [0.2, 0.25) is 0 Å². The van der Waals surface area contributed by atoms with Crippen LogP contribution >= 0.6 is 0 Å². The van der Waals surface area contributed by atoms with Crippen LogP contribution in [0.15, 0.2) is 73.2 Å². The molecule has 0 radical (unpaired) electrons. The monoisotopic (exact) mass is 285 g/mol. The second-order valence-corrected chi connectivity index (χ2v) is 5.36. The molecule has 2 aromatic carbocycles. The fourth-order valence-corrected chi connectivity index (χ4v) is 2.58. The van der Waals surface area contributed by atoms with Crippen molar-refractivity contribution in [1.82, 2.24) is 14.4 Å². The predicted octanol–water partition coefficient (Wildman–Crippen LogP) is 4.37. The molecule has 2 heterocycles. The van der Waals surface area contributed by atoms with E-state index in [2.05, 4.69) is 48.3 Å². The summed E-state index contributed by atoms with van der Waals surface area (Å²) in [5, 5.41) is 0. The summed E-state index contributed by atoms with van der Waals surface area (Å²) in [6.45, 7) is 2.09. The highest BCUT2D eigenvalue weighted by Crippen LogP contribution is 2.26. The third kappa shape index (κ3) is 2.17. The van der Waals surface area contributed by atoms with Crippen molar-refractivity contribution < 1.29 is 0 Å². The molecule has 0 aliphatic rings. The number of rotatable bonds is 2. The zero-order valence-electron chi connectivity index (χ0n) is 12.3. The van der Waals surface area contributed by atoms with E-state index in [0.29, 0.717) is 0 Å². The van der Waals surface area contributed by atoms with Gasteiger partial charge in [0.1, 0.15) is 5.69 Å². The molecule has 3 nitrogen and oxygen atoms in total. The van der Waals surface area contributed by atoms with Crippen molar-refractivity contribution in [3.8, 4) is 22.5 Å². The lowest BCUT2D eigenvalue weighted by atomic mass is 10.1. The van der Waals surface area contributed by atoms with E-state index in [-0.39, 0.29) is 0 Å². The Labute approximate surface area is 128 Å². The first-order chi connectivity index (χ1) is 10.8. The molecule has 0 atom stereocenters. The van der Waals surface area contributed by atoms with E-state index in [1.807, 2.05) is 41.2 Å². The second-order valence-electron chi connectivity index (χ2n) is 5.36. The number of nitrogens with zero attached hydrogens (tertiary/aromatic N) is 3. The van der Waals surface area contributed by atoms with Gasteiger partial charge in [-0.15, -0.1) is 0 Å². The fraction of sp³-hybridized carbons (Fsp3) is 0.0526. The van der Waals surface area contributed by atoms with Crippen molar-refractivity contribution in [3.63, 3.8) is 0 Å². The molecule has 0 unspecified atom stereocenters. The van der Waals surface area contributed by atoms with Gasteiger partial charge in [0.05, 0.1) is 5.69 Å². The Morgan fingerprint density at radius 1 is 0.864 bits per heavy atom. The standard InChI is InChI=1S/C19H15N3/c1-14-7-9-16(10-8-14)18-19-20-11-12-22(19)13-17(21-18)15-5-3-2-4-6-15/h2-13H,1H3. The molecule has 4 aromatic rings. The molecule has 0 saturated heterocycles. The zero-order chi connectivity index (χ0) is 14.9. The van der Waals surface area contributed by atoms with Crippen molar-refractivity contribution in [2.75, 3.05) is 0 Å². The highest BCUT2D eigenvalue weighted by molar-refractivity contribution is 5.76. The van der Waals surface area contributed by atoms with Crippen molar-refractivity contribution in [2.24, 2.45) is 0 Å². The van der Waals surface area contributed by atoms with Crippen LogP contribution in [0.5, 0.6) is 0 Å². The normalized spacial score (nSPS) is 11.0. The van der Waals surface area contributed by atoms with E-state index in [9.17, 15) is 0 Å². The van der Waals surface area contributed by atoms with E-state index in [4.69, 9.17) is 4.98 Å². The molecule has 4 rings (SSSR count). The van der Waals surface area contributed by atoms with Crippen molar-refractivity contribution in [1.29, 1.82) is 0 Å². The topological polar surface area (TPSA) is 30.2 Å². The SMILES string of the molecule is Cc1ccc(-c2nc(-c3ccccc3)cn3ccnc23)cc1. The third-order valence-electron chi connectivity index (χ3n) is 3.77. The second kappa shape index (κ2) is 5.11. The van der Waals surface area contributed by atoms with E-state index >= 15 is 0 Å². The van der Waals surface area contributed by atoms with Crippen LogP contribution in [0, 0.1) is 6.92 Å². The molecular formula is C19H15N3. The number of benzene rings is 2. The minimum absolute atomic E-state index is 0.878. The van der Waals surface area contributed by atoms with Crippen LogP contribution in [0.2, 0.25) is 0 Å². The average molecular weight is 285 g/mol.